The highest BCUT2D eigenvalue weighted by atomic mass is 16.5. The maximum absolute atomic E-state index is 14.0. The van der Waals surface area contributed by atoms with Crippen LogP contribution in [0.5, 0.6) is 0 Å². The summed E-state index contributed by atoms with van der Waals surface area (Å²) in [6.45, 7) is 0.431. The van der Waals surface area contributed by atoms with Crippen LogP contribution in [0.4, 0.5) is 11.5 Å². The van der Waals surface area contributed by atoms with Gasteiger partial charge in [0, 0.05) is 37.3 Å². The Morgan fingerprint density at radius 2 is 1.54 bits per heavy atom. The Morgan fingerprint density at radius 3 is 2.18 bits per heavy atom. The van der Waals surface area contributed by atoms with Gasteiger partial charge in [-0.1, -0.05) is 55.7 Å². The van der Waals surface area contributed by atoms with Crippen LogP contribution < -0.4 is 9.80 Å². The highest BCUT2D eigenvalue weighted by Crippen LogP contribution is 2.32. The lowest BCUT2D eigenvalue weighted by molar-refractivity contribution is -0.123. The van der Waals surface area contributed by atoms with E-state index in [0.717, 1.165) is 58.8 Å². The minimum atomic E-state index is -0.387. The van der Waals surface area contributed by atoms with E-state index in [1.165, 1.54) is 13.5 Å². The van der Waals surface area contributed by atoms with Crippen molar-refractivity contribution in [3.63, 3.8) is 0 Å². The predicted molar refractivity (Wildman–Crippen MR) is 157 cm³/mol. The van der Waals surface area contributed by atoms with E-state index < -0.39 is 0 Å². The molecule has 6 nitrogen and oxygen atoms in total. The van der Waals surface area contributed by atoms with Gasteiger partial charge in [0.15, 0.2) is 0 Å². The number of nitrogens with zero attached hydrogens (tertiary/aromatic N) is 3. The third-order valence-electron chi connectivity index (χ3n) is 7.65. The molecule has 0 unspecified atom stereocenters. The number of fused-ring (bicyclic) bond motifs is 1. The minimum absolute atomic E-state index is 0.000340. The maximum atomic E-state index is 14.0. The SMILES string of the molecule is COC(=O)c1ccc2c(N(Cc3ccc(-c4ccc(N(C)C)cc4)cc3)C(=O)C3CCCCC3)nccc2c1. The molecular formula is C33H35N3O3. The van der Waals surface area contributed by atoms with Crippen molar-refractivity contribution in [3.8, 4) is 11.1 Å². The molecule has 4 aromatic rings. The lowest BCUT2D eigenvalue weighted by atomic mass is 9.88. The Balaban J connectivity index is 1.47. The maximum Gasteiger partial charge on any atom is 0.337 e. The van der Waals surface area contributed by atoms with Crippen LogP contribution in [-0.4, -0.2) is 38.1 Å². The van der Waals surface area contributed by atoms with E-state index >= 15 is 0 Å². The number of benzene rings is 3. The smallest absolute Gasteiger partial charge is 0.337 e. The van der Waals surface area contributed by atoms with Gasteiger partial charge in [-0.25, -0.2) is 9.78 Å². The second-order valence-electron chi connectivity index (χ2n) is 10.5. The van der Waals surface area contributed by atoms with Crippen LogP contribution in [-0.2, 0) is 16.1 Å². The van der Waals surface area contributed by atoms with Gasteiger partial charge in [-0.15, -0.1) is 0 Å². The zero-order valence-electron chi connectivity index (χ0n) is 22.9. The normalized spacial score (nSPS) is 13.7. The number of carbonyl (C=O) groups is 2. The quantitative estimate of drug-likeness (QED) is 0.248. The number of methoxy groups -OCH3 is 1. The van der Waals surface area contributed by atoms with E-state index in [1.807, 2.05) is 31.1 Å². The molecule has 1 saturated carbocycles. The fraction of sp³-hybridized carbons (Fsp3) is 0.303. The molecule has 0 atom stereocenters. The molecule has 0 saturated heterocycles. The highest BCUT2D eigenvalue weighted by Gasteiger charge is 2.29. The number of hydrogen-bond donors (Lipinski definition) is 0. The average molecular weight is 522 g/mol. The Bertz CT molecular complexity index is 1460. The first-order chi connectivity index (χ1) is 18.9. The number of carbonyl (C=O) groups excluding carboxylic acids is 2. The van der Waals surface area contributed by atoms with Gasteiger partial charge in [-0.3, -0.25) is 9.69 Å². The lowest BCUT2D eigenvalue weighted by Gasteiger charge is -2.29. The molecule has 5 rings (SSSR count). The van der Waals surface area contributed by atoms with Crippen LogP contribution in [0.2, 0.25) is 0 Å². The molecule has 1 fully saturated rings. The first kappa shape index (κ1) is 26.4. The first-order valence-corrected chi connectivity index (χ1v) is 13.6. The zero-order chi connectivity index (χ0) is 27.4. The molecule has 0 spiro atoms. The Kier molecular flexibility index (Phi) is 7.92. The standard InChI is InChI=1S/C33H35N3O3/c1-35(2)29-16-13-25(14-17-29)24-11-9-23(10-12-24)22-36(32(37)26-7-5-4-6-8-26)31-30-18-15-28(33(38)39-3)21-27(30)19-20-34-31/h9-21,26H,4-8,22H2,1-3H3. The van der Waals surface area contributed by atoms with E-state index in [2.05, 4.69) is 58.4 Å². The number of pyridine rings is 1. The minimum Gasteiger partial charge on any atom is -0.465 e. The monoisotopic (exact) mass is 521 g/mol. The summed E-state index contributed by atoms with van der Waals surface area (Å²) in [6, 6.07) is 24.2. The van der Waals surface area contributed by atoms with Crippen molar-refractivity contribution < 1.29 is 14.3 Å². The van der Waals surface area contributed by atoms with E-state index in [4.69, 9.17) is 4.74 Å². The molecule has 39 heavy (non-hydrogen) atoms. The molecule has 1 heterocycles. The molecule has 0 aliphatic heterocycles. The lowest BCUT2D eigenvalue weighted by Crippen LogP contribution is -2.37. The molecule has 6 heteroatoms. The number of esters is 1. The summed E-state index contributed by atoms with van der Waals surface area (Å²) in [5.41, 5.74) is 4.96. The van der Waals surface area contributed by atoms with Crippen LogP contribution in [0.25, 0.3) is 21.9 Å². The Hall–Kier alpha value is -4.19. The predicted octanol–water partition coefficient (Wildman–Crippen LogP) is 6.87. The van der Waals surface area contributed by atoms with Gasteiger partial charge in [0.25, 0.3) is 0 Å². The summed E-state index contributed by atoms with van der Waals surface area (Å²) >= 11 is 0. The van der Waals surface area contributed by atoms with Crippen LogP contribution in [0.1, 0.15) is 48.0 Å². The van der Waals surface area contributed by atoms with Crippen molar-refractivity contribution in [1.29, 1.82) is 0 Å². The molecule has 200 valence electrons. The van der Waals surface area contributed by atoms with Gasteiger partial charge in [-0.05, 0) is 71.3 Å². The molecule has 0 bridgehead atoms. The summed E-state index contributed by atoms with van der Waals surface area (Å²) in [5, 5.41) is 1.69. The van der Waals surface area contributed by atoms with Gasteiger partial charge in [0.05, 0.1) is 19.2 Å². The van der Waals surface area contributed by atoms with Crippen LogP contribution in [0.15, 0.2) is 79.0 Å². The van der Waals surface area contributed by atoms with E-state index in [1.54, 1.807) is 18.3 Å². The fourth-order valence-electron chi connectivity index (χ4n) is 5.39. The van der Waals surface area contributed by atoms with Gasteiger partial charge in [0.2, 0.25) is 5.91 Å². The van der Waals surface area contributed by atoms with Crippen molar-refractivity contribution in [2.45, 2.75) is 38.6 Å². The number of aromatic nitrogens is 1. The molecular weight excluding hydrogens is 486 g/mol. The molecule has 1 aromatic heterocycles. The van der Waals surface area contributed by atoms with Crippen molar-refractivity contribution in [2.75, 3.05) is 31.0 Å². The second-order valence-corrected chi connectivity index (χ2v) is 10.5. The molecule has 3 aromatic carbocycles. The van der Waals surface area contributed by atoms with Crippen LogP contribution in [0.3, 0.4) is 0 Å². The van der Waals surface area contributed by atoms with Crippen LogP contribution >= 0.6 is 0 Å². The van der Waals surface area contributed by atoms with E-state index in [-0.39, 0.29) is 17.8 Å². The third-order valence-corrected chi connectivity index (χ3v) is 7.65. The van der Waals surface area contributed by atoms with Gasteiger partial charge in [-0.2, -0.15) is 0 Å². The molecule has 1 aliphatic rings. The molecule has 1 amide bonds. The summed E-state index contributed by atoms with van der Waals surface area (Å²) in [4.78, 5) is 34.7. The van der Waals surface area contributed by atoms with Gasteiger partial charge >= 0.3 is 5.97 Å². The van der Waals surface area contributed by atoms with Crippen LogP contribution in [0, 0.1) is 5.92 Å². The number of anilines is 2. The topological polar surface area (TPSA) is 62.7 Å². The largest absolute Gasteiger partial charge is 0.465 e. The third kappa shape index (κ3) is 5.80. The Morgan fingerprint density at radius 1 is 0.872 bits per heavy atom. The second kappa shape index (κ2) is 11.7. The zero-order valence-corrected chi connectivity index (χ0v) is 22.9. The number of ether oxygens (including phenoxy) is 1. The molecule has 1 aliphatic carbocycles. The van der Waals surface area contributed by atoms with Gasteiger partial charge < -0.3 is 9.64 Å². The molecule has 0 N–H and O–H groups in total. The van der Waals surface area contributed by atoms with Crippen molar-refractivity contribution in [3.05, 3.63) is 90.1 Å². The summed E-state index contributed by atoms with van der Waals surface area (Å²) in [5.74, 6) is 0.361. The Labute approximate surface area is 230 Å². The van der Waals surface area contributed by atoms with E-state index in [0.29, 0.717) is 17.9 Å². The van der Waals surface area contributed by atoms with E-state index in [9.17, 15) is 9.59 Å². The van der Waals surface area contributed by atoms with Gasteiger partial charge in [0.1, 0.15) is 5.82 Å². The summed E-state index contributed by atoms with van der Waals surface area (Å²) < 4.78 is 4.90. The number of amides is 1. The molecule has 0 radical (unpaired) electrons. The highest BCUT2D eigenvalue weighted by molar-refractivity contribution is 6.04. The number of rotatable bonds is 7. The van der Waals surface area contributed by atoms with Crippen molar-refractivity contribution >= 4 is 34.2 Å². The van der Waals surface area contributed by atoms with Crippen molar-refractivity contribution in [2.24, 2.45) is 5.92 Å². The number of hydrogen-bond acceptors (Lipinski definition) is 5. The van der Waals surface area contributed by atoms with Crippen molar-refractivity contribution in [1.82, 2.24) is 4.98 Å². The summed E-state index contributed by atoms with van der Waals surface area (Å²) in [7, 11) is 5.44. The fourth-order valence-corrected chi connectivity index (χ4v) is 5.39. The first-order valence-electron chi connectivity index (χ1n) is 13.6. The average Bonchev–Trinajstić information content (AvgIpc) is 2.99. The summed E-state index contributed by atoms with van der Waals surface area (Å²) in [6.07, 6.45) is 6.88.